The molecule has 0 saturated heterocycles. The highest BCUT2D eigenvalue weighted by Gasteiger charge is 2.05. The standard InChI is InChI=1S/C17H21FN4O2.HI/c1-12-5-6-13(8-15(12)18)9-21-17(19-2)22-11-16(23)20-10-14-4-3-7-24-14;/h3-8H,9-11H2,1-2H3,(H,20,23)(H2,19,21,22);1H. The minimum Gasteiger partial charge on any atom is -0.467 e. The molecule has 1 amide bonds. The lowest BCUT2D eigenvalue weighted by atomic mass is 10.1. The van der Waals surface area contributed by atoms with Crippen LogP contribution in [0.5, 0.6) is 0 Å². The van der Waals surface area contributed by atoms with Crippen molar-refractivity contribution in [2.24, 2.45) is 4.99 Å². The normalized spacial score (nSPS) is 10.8. The quantitative estimate of drug-likeness (QED) is 0.352. The van der Waals surface area contributed by atoms with Gasteiger partial charge >= 0.3 is 0 Å². The molecule has 2 aromatic rings. The van der Waals surface area contributed by atoms with Gasteiger partial charge in [-0.15, -0.1) is 24.0 Å². The zero-order valence-corrected chi connectivity index (χ0v) is 16.5. The van der Waals surface area contributed by atoms with Gasteiger partial charge in [0.2, 0.25) is 5.91 Å². The lowest BCUT2D eigenvalue weighted by Crippen LogP contribution is -2.42. The third-order valence-electron chi connectivity index (χ3n) is 3.38. The number of guanidine groups is 1. The Hall–Kier alpha value is -2.10. The van der Waals surface area contributed by atoms with Gasteiger partial charge in [-0.2, -0.15) is 0 Å². The molecule has 6 nitrogen and oxygen atoms in total. The number of nitrogens with zero attached hydrogens (tertiary/aromatic N) is 1. The number of aryl methyl sites for hydroxylation is 1. The zero-order chi connectivity index (χ0) is 17.4. The van der Waals surface area contributed by atoms with E-state index in [2.05, 4.69) is 20.9 Å². The summed E-state index contributed by atoms with van der Waals surface area (Å²) in [5.74, 6) is 0.724. The number of nitrogens with one attached hydrogen (secondary N) is 3. The van der Waals surface area contributed by atoms with E-state index in [1.54, 1.807) is 38.4 Å². The van der Waals surface area contributed by atoms with Crippen LogP contribution in [0.25, 0.3) is 0 Å². The van der Waals surface area contributed by atoms with Crippen LogP contribution in [-0.2, 0) is 17.9 Å². The predicted octanol–water partition coefficient (Wildman–Crippen LogP) is 2.33. The van der Waals surface area contributed by atoms with Crippen molar-refractivity contribution in [3.63, 3.8) is 0 Å². The number of halogens is 2. The fraction of sp³-hybridized carbons (Fsp3) is 0.294. The molecule has 136 valence electrons. The van der Waals surface area contributed by atoms with Crippen molar-refractivity contribution in [2.75, 3.05) is 13.6 Å². The monoisotopic (exact) mass is 460 g/mol. The molecule has 1 heterocycles. The minimum atomic E-state index is -0.241. The van der Waals surface area contributed by atoms with Crippen LogP contribution in [0.3, 0.4) is 0 Å². The number of amides is 1. The van der Waals surface area contributed by atoms with E-state index < -0.39 is 0 Å². The van der Waals surface area contributed by atoms with Gasteiger partial charge < -0.3 is 20.4 Å². The number of rotatable bonds is 6. The Morgan fingerprint density at radius 2 is 2.00 bits per heavy atom. The molecule has 0 bridgehead atoms. The Balaban J connectivity index is 0.00000312. The molecule has 0 unspecified atom stereocenters. The third-order valence-corrected chi connectivity index (χ3v) is 3.38. The molecular formula is C17H22FIN4O2. The highest BCUT2D eigenvalue weighted by molar-refractivity contribution is 14.0. The molecule has 8 heteroatoms. The van der Waals surface area contributed by atoms with Crippen LogP contribution < -0.4 is 16.0 Å². The molecular weight excluding hydrogens is 438 g/mol. The van der Waals surface area contributed by atoms with Crippen LogP contribution in [0.4, 0.5) is 4.39 Å². The number of aliphatic imine (C=N–C) groups is 1. The molecule has 3 N–H and O–H groups in total. The fourth-order valence-corrected chi connectivity index (χ4v) is 1.98. The van der Waals surface area contributed by atoms with Gasteiger partial charge in [0, 0.05) is 13.6 Å². The summed E-state index contributed by atoms with van der Waals surface area (Å²) >= 11 is 0. The second-order valence-electron chi connectivity index (χ2n) is 5.22. The Morgan fingerprint density at radius 1 is 1.20 bits per heavy atom. The number of benzene rings is 1. The summed E-state index contributed by atoms with van der Waals surface area (Å²) in [7, 11) is 1.60. The van der Waals surface area contributed by atoms with Crippen LogP contribution in [0.15, 0.2) is 46.0 Å². The summed E-state index contributed by atoms with van der Waals surface area (Å²) < 4.78 is 18.6. The van der Waals surface area contributed by atoms with Crippen LogP contribution in [0.1, 0.15) is 16.9 Å². The Labute approximate surface area is 163 Å². The smallest absolute Gasteiger partial charge is 0.239 e. The second-order valence-corrected chi connectivity index (χ2v) is 5.22. The fourth-order valence-electron chi connectivity index (χ4n) is 1.98. The van der Waals surface area contributed by atoms with Crippen molar-refractivity contribution in [1.82, 2.24) is 16.0 Å². The minimum absolute atomic E-state index is 0. The van der Waals surface area contributed by atoms with Crippen LogP contribution in [0.2, 0.25) is 0 Å². The van der Waals surface area contributed by atoms with Crippen molar-refractivity contribution in [3.8, 4) is 0 Å². The molecule has 0 fully saturated rings. The average Bonchev–Trinajstić information content (AvgIpc) is 3.09. The zero-order valence-electron chi connectivity index (χ0n) is 14.1. The SMILES string of the molecule is CN=C(NCC(=O)NCc1ccco1)NCc1ccc(C)c(F)c1.I. The van der Waals surface area contributed by atoms with E-state index in [1.807, 2.05) is 6.07 Å². The van der Waals surface area contributed by atoms with Crippen molar-refractivity contribution in [1.29, 1.82) is 0 Å². The van der Waals surface area contributed by atoms with E-state index in [-0.39, 0.29) is 42.2 Å². The first-order valence-corrected chi connectivity index (χ1v) is 7.57. The molecule has 0 atom stereocenters. The molecule has 1 aromatic carbocycles. The summed E-state index contributed by atoms with van der Waals surface area (Å²) in [6.07, 6.45) is 1.55. The summed E-state index contributed by atoms with van der Waals surface area (Å²) in [6.45, 7) is 2.53. The average molecular weight is 460 g/mol. The topological polar surface area (TPSA) is 78.7 Å². The lowest BCUT2D eigenvalue weighted by Gasteiger charge is -2.12. The maximum atomic E-state index is 13.5. The van der Waals surface area contributed by atoms with Gasteiger partial charge in [-0.25, -0.2) is 4.39 Å². The summed E-state index contributed by atoms with van der Waals surface area (Å²) in [5, 5.41) is 8.65. The Kier molecular flexibility index (Phi) is 8.96. The largest absolute Gasteiger partial charge is 0.467 e. The first-order chi connectivity index (χ1) is 11.6. The first-order valence-electron chi connectivity index (χ1n) is 7.57. The molecule has 0 radical (unpaired) electrons. The molecule has 0 aliphatic carbocycles. The van der Waals surface area contributed by atoms with E-state index in [9.17, 15) is 9.18 Å². The maximum Gasteiger partial charge on any atom is 0.239 e. The highest BCUT2D eigenvalue weighted by Crippen LogP contribution is 2.08. The Morgan fingerprint density at radius 3 is 2.64 bits per heavy atom. The van der Waals surface area contributed by atoms with Crippen molar-refractivity contribution in [2.45, 2.75) is 20.0 Å². The van der Waals surface area contributed by atoms with E-state index in [4.69, 9.17) is 4.42 Å². The van der Waals surface area contributed by atoms with Gasteiger partial charge in [-0.05, 0) is 36.2 Å². The van der Waals surface area contributed by atoms with E-state index in [0.717, 1.165) is 5.56 Å². The van der Waals surface area contributed by atoms with Crippen molar-refractivity contribution >= 4 is 35.8 Å². The van der Waals surface area contributed by atoms with Gasteiger partial charge in [0.25, 0.3) is 0 Å². The van der Waals surface area contributed by atoms with Gasteiger partial charge in [0.1, 0.15) is 11.6 Å². The number of hydrogen-bond acceptors (Lipinski definition) is 3. The Bertz CT molecular complexity index is 705. The van der Waals surface area contributed by atoms with Crippen molar-refractivity contribution in [3.05, 3.63) is 59.3 Å². The van der Waals surface area contributed by atoms with Gasteiger partial charge in [0.05, 0.1) is 19.4 Å². The number of furan rings is 1. The van der Waals surface area contributed by atoms with Gasteiger partial charge in [-0.1, -0.05) is 12.1 Å². The van der Waals surface area contributed by atoms with Crippen LogP contribution in [0, 0.1) is 12.7 Å². The lowest BCUT2D eigenvalue weighted by molar-refractivity contribution is -0.120. The molecule has 0 spiro atoms. The number of carbonyl (C=O) groups excluding carboxylic acids is 1. The van der Waals surface area contributed by atoms with E-state index in [1.165, 1.54) is 6.07 Å². The molecule has 0 aliphatic rings. The predicted molar refractivity (Wildman–Crippen MR) is 105 cm³/mol. The molecule has 1 aromatic heterocycles. The first kappa shape index (κ1) is 20.9. The number of carbonyl (C=O) groups is 1. The molecule has 2 rings (SSSR count). The molecule has 25 heavy (non-hydrogen) atoms. The molecule has 0 saturated carbocycles. The second kappa shape index (κ2) is 10.7. The van der Waals surface area contributed by atoms with Crippen LogP contribution in [-0.4, -0.2) is 25.5 Å². The van der Waals surface area contributed by atoms with Crippen molar-refractivity contribution < 1.29 is 13.6 Å². The summed E-state index contributed by atoms with van der Waals surface area (Å²) in [5.41, 5.74) is 1.40. The highest BCUT2D eigenvalue weighted by atomic mass is 127. The van der Waals surface area contributed by atoms with Gasteiger partial charge in [-0.3, -0.25) is 9.79 Å². The van der Waals surface area contributed by atoms with Gasteiger partial charge in [0.15, 0.2) is 5.96 Å². The third kappa shape index (κ3) is 7.12. The summed E-state index contributed by atoms with van der Waals surface area (Å²) in [6, 6.07) is 8.60. The summed E-state index contributed by atoms with van der Waals surface area (Å²) in [4.78, 5) is 15.8. The van der Waals surface area contributed by atoms with Crippen LogP contribution >= 0.6 is 24.0 Å². The molecule has 0 aliphatic heterocycles. The number of hydrogen-bond donors (Lipinski definition) is 3. The maximum absolute atomic E-state index is 13.5. The van der Waals surface area contributed by atoms with E-state index >= 15 is 0 Å². The van der Waals surface area contributed by atoms with E-state index in [0.29, 0.717) is 30.4 Å².